The van der Waals surface area contributed by atoms with Crippen LogP contribution in [0.2, 0.25) is 0 Å². The number of amides is 2. The first-order valence-electron chi connectivity index (χ1n) is 13.5. The number of sulfonamides is 1. The summed E-state index contributed by atoms with van der Waals surface area (Å²) in [5.41, 5.74) is 2.73. The van der Waals surface area contributed by atoms with Crippen molar-refractivity contribution < 1.29 is 22.4 Å². The second-order valence-electron chi connectivity index (χ2n) is 10.5. The smallest absolute Gasteiger partial charge is 0.244 e. The second kappa shape index (κ2) is 13.1. The highest BCUT2D eigenvalue weighted by Gasteiger charge is 2.34. The van der Waals surface area contributed by atoms with Crippen LogP contribution in [0, 0.1) is 12.7 Å². The molecule has 1 N–H and O–H groups in total. The van der Waals surface area contributed by atoms with Crippen molar-refractivity contribution >= 4 is 27.5 Å². The van der Waals surface area contributed by atoms with E-state index < -0.39 is 34.3 Å². The number of hydrogen-bond acceptors (Lipinski definition) is 4. The summed E-state index contributed by atoms with van der Waals surface area (Å²) in [6.07, 6.45) is 5.09. The molecule has 1 fully saturated rings. The highest BCUT2D eigenvalue weighted by molar-refractivity contribution is 7.92. The number of halogens is 1. The largest absolute Gasteiger partial charge is 0.352 e. The quantitative estimate of drug-likeness (QED) is 0.368. The standard InChI is InChI=1S/C31H36FN3O4S/c1-23-10-8-13-25(18-23)21-34(30(36)22-35(40(2,38)39)28-17-9-14-26(32)20-28)29(19-24-11-4-3-5-12-24)31(37)33-27-15-6-7-16-27/h3-5,8-14,17-18,20,27,29H,6-7,15-16,19,21-22H2,1-2H3,(H,33,37)/t29-/m1/s1. The van der Waals surface area contributed by atoms with E-state index in [2.05, 4.69) is 5.32 Å². The monoisotopic (exact) mass is 565 g/mol. The lowest BCUT2D eigenvalue weighted by Gasteiger charge is -2.34. The summed E-state index contributed by atoms with van der Waals surface area (Å²) in [4.78, 5) is 29.3. The Morgan fingerprint density at radius 2 is 1.62 bits per heavy atom. The average molecular weight is 566 g/mol. The van der Waals surface area contributed by atoms with E-state index in [1.54, 1.807) is 0 Å². The van der Waals surface area contributed by atoms with Crippen molar-refractivity contribution in [3.63, 3.8) is 0 Å². The van der Waals surface area contributed by atoms with Crippen LogP contribution in [0.5, 0.6) is 0 Å². The predicted molar refractivity (Wildman–Crippen MR) is 155 cm³/mol. The number of aryl methyl sites for hydroxylation is 1. The van der Waals surface area contributed by atoms with Crippen molar-refractivity contribution in [2.45, 2.75) is 57.7 Å². The van der Waals surface area contributed by atoms with Crippen LogP contribution in [-0.4, -0.2) is 50.0 Å². The zero-order chi connectivity index (χ0) is 28.7. The van der Waals surface area contributed by atoms with Crippen LogP contribution >= 0.6 is 0 Å². The molecule has 0 radical (unpaired) electrons. The van der Waals surface area contributed by atoms with Crippen LogP contribution in [0.15, 0.2) is 78.9 Å². The minimum atomic E-state index is -3.95. The van der Waals surface area contributed by atoms with Gasteiger partial charge in [-0.1, -0.05) is 79.1 Å². The molecule has 0 heterocycles. The lowest BCUT2D eigenvalue weighted by Crippen LogP contribution is -2.54. The Bertz CT molecular complexity index is 1430. The minimum absolute atomic E-state index is 0.0429. The molecule has 1 aliphatic carbocycles. The Morgan fingerprint density at radius 3 is 2.27 bits per heavy atom. The fourth-order valence-electron chi connectivity index (χ4n) is 5.17. The number of anilines is 1. The molecule has 0 saturated heterocycles. The predicted octanol–water partition coefficient (Wildman–Crippen LogP) is 4.60. The molecule has 3 aromatic rings. The van der Waals surface area contributed by atoms with Crippen LogP contribution in [0.25, 0.3) is 0 Å². The van der Waals surface area contributed by atoms with Crippen molar-refractivity contribution in [2.24, 2.45) is 0 Å². The second-order valence-corrected chi connectivity index (χ2v) is 12.4. The number of benzene rings is 3. The van der Waals surface area contributed by atoms with Crippen LogP contribution in [-0.2, 0) is 32.6 Å². The third-order valence-corrected chi connectivity index (χ3v) is 8.32. The maximum absolute atomic E-state index is 14.1. The van der Waals surface area contributed by atoms with E-state index in [0.29, 0.717) is 0 Å². The summed E-state index contributed by atoms with van der Waals surface area (Å²) in [7, 11) is -3.95. The zero-order valence-electron chi connectivity index (χ0n) is 22.9. The molecule has 4 rings (SSSR count). The Labute approximate surface area is 236 Å². The van der Waals surface area contributed by atoms with E-state index in [4.69, 9.17) is 0 Å². The van der Waals surface area contributed by atoms with E-state index in [0.717, 1.165) is 59.0 Å². The van der Waals surface area contributed by atoms with Crippen molar-refractivity contribution in [3.05, 3.63) is 101 Å². The molecule has 1 aliphatic rings. The van der Waals surface area contributed by atoms with Crippen molar-refractivity contribution in [3.8, 4) is 0 Å². The van der Waals surface area contributed by atoms with Gasteiger partial charge in [-0.2, -0.15) is 0 Å². The molecule has 2 amide bonds. The first-order valence-corrected chi connectivity index (χ1v) is 15.4. The summed E-state index contributed by atoms with van der Waals surface area (Å²) in [5, 5.41) is 3.14. The minimum Gasteiger partial charge on any atom is -0.352 e. The average Bonchev–Trinajstić information content (AvgIpc) is 3.42. The topological polar surface area (TPSA) is 86.8 Å². The molecular formula is C31H36FN3O4S. The van der Waals surface area contributed by atoms with E-state index in [-0.39, 0.29) is 30.6 Å². The van der Waals surface area contributed by atoms with Gasteiger partial charge in [-0.05, 0) is 49.1 Å². The van der Waals surface area contributed by atoms with Crippen LogP contribution < -0.4 is 9.62 Å². The lowest BCUT2D eigenvalue weighted by molar-refractivity contribution is -0.140. The highest BCUT2D eigenvalue weighted by Crippen LogP contribution is 2.23. The number of rotatable bonds is 11. The van der Waals surface area contributed by atoms with Crippen LogP contribution in [0.1, 0.15) is 42.4 Å². The van der Waals surface area contributed by atoms with Crippen molar-refractivity contribution in [1.29, 1.82) is 0 Å². The summed E-state index contributed by atoms with van der Waals surface area (Å²) in [6.45, 7) is 1.48. The fraction of sp³-hybridized carbons (Fsp3) is 0.355. The maximum atomic E-state index is 14.1. The maximum Gasteiger partial charge on any atom is 0.244 e. The first kappa shape index (κ1) is 29.3. The summed E-state index contributed by atoms with van der Waals surface area (Å²) >= 11 is 0. The molecule has 1 saturated carbocycles. The van der Waals surface area contributed by atoms with Crippen LogP contribution in [0.4, 0.5) is 10.1 Å². The van der Waals surface area contributed by atoms with Gasteiger partial charge in [0.2, 0.25) is 21.8 Å². The molecule has 0 aromatic heterocycles. The molecule has 0 spiro atoms. The number of carbonyl (C=O) groups excluding carboxylic acids is 2. The Kier molecular flexibility index (Phi) is 9.58. The van der Waals surface area contributed by atoms with Gasteiger partial charge < -0.3 is 10.2 Å². The van der Waals surface area contributed by atoms with Crippen molar-refractivity contribution in [1.82, 2.24) is 10.2 Å². The van der Waals surface area contributed by atoms with E-state index >= 15 is 0 Å². The Hall–Kier alpha value is -3.72. The van der Waals surface area contributed by atoms with Gasteiger partial charge in [0.05, 0.1) is 11.9 Å². The molecule has 1 atom stereocenters. The molecule has 7 nitrogen and oxygen atoms in total. The molecule has 0 unspecified atom stereocenters. The van der Waals surface area contributed by atoms with Gasteiger partial charge in [0.25, 0.3) is 0 Å². The summed E-state index contributed by atoms with van der Waals surface area (Å²) < 4.78 is 40.5. The van der Waals surface area contributed by atoms with Gasteiger partial charge in [-0.3, -0.25) is 13.9 Å². The van der Waals surface area contributed by atoms with Gasteiger partial charge in [0.15, 0.2) is 0 Å². The van der Waals surface area contributed by atoms with E-state index in [1.807, 2.05) is 61.5 Å². The third-order valence-electron chi connectivity index (χ3n) is 7.18. The van der Waals surface area contributed by atoms with E-state index in [9.17, 15) is 22.4 Å². The Balaban J connectivity index is 1.72. The molecule has 3 aromatic carbocycles. The SMILES string of the molecule is Cc1cccc(CN(C(=O)CN(c2cccc(F)c2)S(C)(=O)=O)[C@H](Cc2ccccc2)C(=O)NC2CCCC2)c1. The van der Waals surface area contributed by atoms with Crippen molar-refractivity contribution in [2.75, 3.05) is 17.1 Å². The fourth-order valence-corrected chi connectivity index (χ4v) is 6.02. The first-order chi connectivity index (χ1) is 19.1. The van der Waals surface area contributed by atoms with E-state index in [1.165, 1.54) is 23.1 Å². The van der Waals surface area contributed by atoms with Gasteiger partial charge in [-0.15, -0.1) is 0 Å². The lowest BCUT2D eigenvalue weighted by atomic mass is 10.0. The molecule has 0 bridgehead atoms. The molecular weight excluding hydrogens is 529 g/mol. The number of carbonyl (C=O) groups is 2. The van der Waals surface area contributed by atoms with Gasteiger partial charge in [0, 0.05) is 19.0 Å². The normalized spacial score (nSPS) is 14.5. The van der Waals surface area contributed by atoms with Gasteiger partial charge in [0.1, 0.15) is 18.4 Å². The zero-order valence-corrected chi connectivity index (χ0v) is 23.7. The number of hydrogen-bond donors (Lipinski definition) is 1. The highest BCUT2D eigenvalue weighted by atomic mass is 32.2. The number of nitrogens with one attached hydrogen (secondary N) is 1. The summed E-state index contributed by atoms with van der Waals surface area (Å²) in [6, 6.07) is 21.4. The number of nitrogens with zero attached hydrogens (tertiary/aromatic N) is 2. The molecule has 212 valence electrons. The van der Waals surface area contributed by atoms with Gasteiger partial charge in [-0.25, -0.2) is 12.8 Å². The molecule has 0 aliphatic heterocycles. The van der Waals surface area contributed by atoms with Crippen LogP contribution in [0.3, 0.4) is 0 Å². The molecule has 9 heteroatoms. The Morgan fingerprint density at radius 1 is 0.950 bits per heavy atom. The summed E-state index contributed by atoms with van der Waals surface area (Å²) in [5.74, 6) is -1.44. The third kappa shape index (κ3) is 7.91. The van der Waals surface area contributed by atoms with Gasteiger partial charge >= 0.3 is 0 Å². The molecule has 40 heavy (non-hydrogen) atoms.